The van der Waals surface area contributed by atoms with Crippen molar-refractivity contribution in [2.75, 3.05) is 34.2 Å². The summed E-state index contributed by atoms with van der Waals surface area (Å²) in [6.45, 7) is 2.79. The van der Waals surface area contributed by atoms with Crippen molar-refractivity contribution in [2.24, 2.45) is 5.92 Å². The molecule has 1 amide bonds. The summed E-state index contributed by atoms with van der Waals surface area (Å²) in [4.78, 5) is 18.7. The van der Waals surface area contributed by atoms with Crippen molar-refractivity contribution in [3.8, 4) is 11.4 Å². The molecule has 1 aromatic heterocycles. The highest BCUT2D eigenvalue weighted by atomic mass is 32.2. The fraction of sp³-hybridized carbons (Fsp3) is 0.526. The molecule has 0 spiro atoms. The molecule has 0 bridgehead atoms. The first-order valence-corrected chi connectivity index (χ1v) is 10.9. The first kappa shape index (κ1) is 21.4. The van der Waals surface area contributed by atoms with Crippen LogP contribution in [0, 0.1) is 12.8 Å². The van der Waals surface area contributed by atoms with Crippen LogP contribution in [0.2, 0.25) is 0 Å². The number of rotatable bonds is 6. The van der Waals surface area contributed by atoms with Crippen molar-refractivity contribution in [3.05, 3.63) is 35.7 Å². The maximum atomic E-state index is 12.9. The molecule has 0 aliphatic carbocycles. The summed E-state index contributed by atoms with van der Waals surface area (Å²) >= 11 is 0. The molecule has 10 heteroatoms. The number of amides is 1. The SMILES string of the molecule is Cc1ccc(-c2noc(CN(C)C(=O)[C@@H]3CCCN(S(=O)(=O)N(C)C)C3)n2)cc1. The number of carbonyl (C=O) groups is 1. The Balaban J connectivity index is 1.64. The Morgan fingerprint density at radius 2 is 1.93 bits per heavy atom. The van der Waals surface area contributed by atoms with Crippen LogP contribution in [0.5, 0.6) is 0 Å². The molecule has 3 rings (SSSR count). The molecule has 2 heterocycles. The van der Waals surface area contributed by atoms with Crippen molar-refractivity contribution in [1.29, 1.82) is 0 Å². The number of nitrogens with zero attached hydrogens (tertiary/aromatic N) is 5. The Labute approximate surface area is 171 Å². The van der Waals surface area contributed by atoms with Crippen LogP contribution in [0.25, 0.3) is 11.4 Å². The molecule has 1 aliphatic rings. The minimum absolute atomic E-state index is 0.126. The van der Waals surface area contributed by atoms with Gasteiger partial charge < -0.3 is 9.42 Å². The van der Waals surface area contributed by atoms with E-state index in [0.717, 1.165) is 11.1 Å². The number of hydrogen-bond acceptors (Lipinski definition) is 6. The third kappa shape index (κ3) is 4.82. The second-order valence-corrected chi connectivity index (χ2v) is 9.70. The Hall–Kier alpha value is -2.30. The highest BCUT2D eigenvalue weighted by molar-refractivity contribution is 7.86. The van der Waals surface area contributed by atoms with Gasteiger partial charge in [0.05, 0.1) is 12.5 Å². The zero-order valence-corrected chi connectivity index (χ0v) is 18.0. The van der Waals surface area contributed by atoms with Gasteiger partial charge in [-0.15, -0.1) is 0 Å². The number of piperidine rings is 1. The predicted octanol–water partition coefficient (Wildman–Crippen LogP) is 1.52. The van der Waals surface area contributed by atoms with Crippen molar-refractivity contribution >= 4 is 16.1 Å². The van der Waals surface area contributed by atoms with E-state index < -0.39 is 10.2 Å². The number of carbonyl (C=O) groups excluding carboxylic acids is 1. The fourth-order valence-electron chi connectivity index (χ4n) is 3.32. The summed E-state index contributed by atoms with van der Waals surface area (Å²) in [5.74, 6) is 0.300. The summed E-state index contributed by atoms with van der Waals surface area (Å²) in [5, 5.41) is 3.99. The average Bonchev–Trinajstić information content (AvgIpc) is 3.16. The number of hydrogen-bond donors (Lipinski definition) is 0. The normalized spacial score (nSPS) is 18.2. The zero-order valence-electron chi connectivity index (χ0n) is 17.2. The largest absolute Gasteiger partial charge is 0.337 e. The van der Waals surface area contributed by atoms with Gasteiger partial charge in [0.25, 0.3) is 10.2 Å². The third-order valence-corrected chi connectivity index (χ3v) is 6.95. The van der Waals surface area contributed by atoms with E-state index in [9.17, 15) is 13.2 Å². The molecule has 1 fully saturated rings. The van der Waals surface area contributed by atoms with E-state index in [0.29, 0.717) is 31.1 Å². The van der Waals surface area contributed by atoms with Crippen molar-refractivity contribution in [2.45, 2.75) is 26.3 Å². The van der Waals surface area contributed by atoms with Gasteiger partial charge in [-0.1, -0.05) is 35.0 Å². The van der Waals surface area contributed by atoms with Gasteiger partial charge in [-0.05, 0) is 19.8 Å². The van der Waals surface area contributed by atoms with Crippen molar-refractivity contribution in [1.82, 2.24) is 23.7 Å². The van der Waals surface area contributed by atoms with E-state index in [4.69, 9.17) is 4.52 Å². The molecular formula is C19H27N5O4S. The minimum atomic E-state index is -3.53. The van der Waals surface area contributed by atoms with Crippen LogP contribution in [0.1, 0.15) is 24.3 Å². The zero-order chi connectivity index (χ0) is 21.2. The van der Waals surface area contributed by atoms with Gasteiger partial charge in [-0.2, -0.15) is 22.0 Å². The van der Waals surface area contributed by atoms with Crippen LogP contribution in [-0.2, 0) is 21.5 Å². The highest BCUT2D eigenvalue weighted by Gasteiger charge is 2.34. The quantitative estimate of drug-likeness (QED) is 0.701. The van der Waals surface area contributed by atoms with Gasteiger partial charge in [0.15, 0.2) is 0 Å². The molecule has 9 nitrogen and oxygen atoms in total. The molecule has 29 heavy (non-hydrogen) atoms. The van der Waals surface area contributed by atoms with Crippen LogP contribution >= 0.6 is 0 Å². The van der Waals surface area contributed by atoms with Gasteiger partial charge in [-0.3, -0.25) is 4.79 Å². The molecular weight excluding hydrogens is 394 g/mol. The fourth-order valence-corrected chi connectivity index (χ4v) is 4.51. The Morgan fingerprint density at radius 3 is 2.59 bits per heavy atom. The van der Waals surface area contributed by atoms with Crippen LogP contribution in [0.4, 0.5) is 0 Å². The van der Waals surface area contributed by atoms with E-state index in [2.05, 4.69) is 10.1 Å². The predicted molar refractivity (Wildman–Crippen MR) is 108 cm³/mol. The van der Waals surface area contributed by atoms with Crippen LogP contribution in [0.3, 0.4) is 0 Å². The molecule has 2 aromatic rings. The summed E-state index contributed by atoms with van der Waals surface area (Å²) in [5.41, 5.74) is 1.98. The molecule has 0 unspecified atom stereocenters. The molecule has 0 radical (unpaired) electrons. The standard InChI is InChI=1S/C19H27N5O4S/c1-14-7-9-15(10-8-14)18-20-17(28-21-18)13-23(4)19(25)16-6-5-11-24(12-16)29(26,27)22(2)3/h7-10,16H,5-6,11-13H2,1-4H3/t16-/m1/s1. The molecule has 158 valence electrons. The topological polar surface area (TPSA) is 99.8 Å². The maximum Gasteiger partial charge on any atom is 0.281 e. The van der Waals surface area contributed by atoms with E-state index in [1.165, 1.54) is 27.6 Å². The van der Waals surface area contributed by atoms with Gasteiger partial charge in [0, 0.05) is 39.8 Å². The number of benzene rings is 1. The third-order valence-electron chi connectivity index (χ3n) is 5.05. The molecule has 0 N–H and O–H groups in total. The smallest absolute Gasteiger partial charge is 0.281 e. The summed E-state index contributed by atoms with van der Waals surface area (Å²) in [6.07, 6.45) is 1.30. The van der Waals surface area contributed by atoms with Crippen LogP contribution in [-0.4, -0.2) is 72.2 Å². The monoisotopic (exact) mass is 421 g/mol. The van der Waals surface area contributed by atoms with Gasteiger partial charge in [-0.25, -0.2) is 0 Å². The summed E-state index contributed by atoms with van der Waals surface area (Å²) < 4.78 is 32.6. The molecule has 1 aliphatic heterocycles. The Bertz CT molecular complexity index is 955. The van der Waals surface area contributed by atoms with Gasteiger partial charge in [0.1, 0.15) is 0 Å². The lowest BCUT2D eigenvalue weighted by Crippen LogP contribution is -2.49. The second-order valence-electron chi connectivity index (χ2n) is 7.56. The number of aromatic nitrogens is 2. The molecule has 1 aromatic carbocycles. The molecule has 1 saturated heterocycles. The van der Waals surface area contributed by atoms with E-state index >= 15 is 0 Å². The summed E-state index contributed by atoms with van der Waals surface area (Å²) in [6, 6.07) is 7.77. The van der Waals surface area contributed by atoms with Crippen molar-refractivity contribution in [3.63, 3.8) is 0 Å². The van der Waals surface area contributed by atoms with Crippen LogP contribution < -0.4 is 0 Å². The second kappa shape index (κ2) is 8.60. The van der Waals surface area contributed by atoms with E-state index in [-0.39, 0.29) is 24.9 Å². The van der Waals surface area contributed by atoms with Crippen LogP contribution in [0.15, 0.2) is 28.8 Å². The van der Waals surface area contributed by atoms with E-state index in [1.807, 2.05) is 31.2 Å². The first-order chi connectivity index (χ1) is 13.7. The average molecular weight is 422 g/mol. The lowest BCUT2D eigenvalue weighted by molar-refractivity contribution is -0.136. The molecule has 1 atom stereocenters. The van der Waals surface area contributed by atoms with E-state index in [1.54, 1.807) is 7.05 Å². The maximum absolute atomic E-state index is 12.9. The molecule has 0 saturated carbocycles. The first-order valence-electron chi connectivity index (χ1n) is 9.50. The van der Waals surface area contributed by atoms with Gasteiger partial charge >= 0.3 is 0 Å². The Morgan fingerprint density at radius 1 is 1.24 bits per heavy atom. The van der Waals surface area contributed by atoms with Gasteiger partial charge in [0.2, 0.25) is 17.6 Å². The Kier molecular flexibility index (Phi) is 6.35. The van der Waals surface area contributed by atoms with Crippen molar-refractivity contribution < 1.29 is 17.7 Å². The highest BCUT2D eigenvalue weighted by Crippen LogP contribution is 2.23. The lowest BCUT2D eigenvalue weighted by atomic mass is 9.98. The number of aryl methyl sites for hydroxylation is 1. The lowest BCUT2D eigenvalue weighted by Gasteiger charge is -2.34. The minimum Gasteiger partial charge on any atom is -0.337 e. The summed E-state index contributed by atoms with van der Waals surface area (Å²) in [7, 11) is 1.13.